The van der Waals surface area contributed by atoms with Gasteiger partial charge in [0.05, 0.1) is 0 Å². The number of piperidine rings is 1. The first-order valence-electron chi connectivity index (χ1n) is 8.35. The molecule has 4 heteroatoms. The van der Waals surface area contributed by atoms with Crippen LogP contribution in [0.2, 0.25) is 0 Å². The van der Waals surface area contributed by atoms with Crippen LogP contribution in [0.5, 0.6) is 0 Å². The highest BCUT2D eigenvalue weighted by atomic mass is 15.3. The molecule has 116 valence electrons. The third-order valence-electron chi connectivity index (χ3n) is 5.01. The van der Waals surface area contributed by atoms with Gasteiger partial charge in [-0.05, 0) is 44.1 Å². The molecule has 4 nitrogen and oxygen atoms in total. The summed E-state index contributed by atoms with van der Waals surface area (Å²) in [7, 11) is 2.30. The number of nitrogens with zero attached hydrogens (tertiary/aromatic N) is 4. The normalized spacial score (nSPS) is 26.0. The molecule has 0 amide bonds. The van der Waals surface area contributed by atoms with Gasteiger partial charge in [0, 0.05) is 57.7 Å². The second-order valence-corrected chi connectivity index (χ2v) is 6.56. The Morgan fingerprint density at radius 1 is 1.00 bits per heavy atom. The topological polar surface area (TPSA) is 22.6 Å². The monoisotopic (exact) mass is 288 g/mol. The van der Waals surface area contributed by atoms with Crippen molar-refractivity contribution in [3.63, 3.8) is 0 Å². The molecule has 0 unspecified atom stereocenters. The third kappa shape index (κ3) is 4.25. The molecule has 2 aliphatic heterocycles. The van der Waals surface area contributed by atoms with Gasteiger partial charge in [-0.3, -0.25) is 14.8 Å². The Bertz CT molecular complexity index is 414. The van der Waals surface area contributed by atoms with Crippen LogP contribution in [0, 0.1) is 0 Å². The van der Waals surface area contributed by atoms with E-state index in [1.54, 1.807) is 0 Å². The van der Waals surface area contributed by atoms with Gasteiger partial charge in [-0.25, -0.2) is 0 Å². The SMILES string of the molecule is CN1CCCC[C@@H]1CN1CCN(Cc2ccncc2)CC1. The summed E-state index contributed by atoms with van der Waals surface area (Å²) in [5.74, 6) is 0. The van der Waals surface area contributed by atoms with E-state index in [1.165, 1.54) is 64.1 Å². The van der Waals surface area contributed by atoms with Crippen molar-refractivity contribution in [1.82, 2.24) is 19.7 Å². The third-order valence-corrected chi connectivity index (χ3v) is 5.01. The lowest BCUT2D eigenvalue weighted by Gasteiger charge is -2.40. The van der Waals surface area contributed by atoms with Crippen molar-refractivity contribution in [2.45, 2.75) is 31.8 Å². The van der Waals surface area contributed by atoms with Crippen molar-refractivity contribution < 1.29 is 0 Å². The van der Waals surface area contributed by atoms with E-state index in [0.29, 0.717) is 0 Å². The summed E-state index contributed by atoms with van der Waals surface area (Å²) in [5, 5.41) is 0. The average Bonchev–Trinajstić information content (AvgIpc) is 2.52. The molecule has 0 aliphatic carbocycles. The molecule has 0 aromatic carbocycles. The molecule has 2 aliphatic rings. The Morgan fingerprint density at radius 2 is 1.71 bits per heavy atom. The quantitative estimate of drug-likeness (QED) is 0.841. The summed E-state index contributed by atoms with van der Waals surface area (Å²) in [6.45, 7) is 8.44. The minimum atomic E-state index is 0.783. The molecule has 21 heavy (non-hydrogen) atoms. The maximum Gasteiger partial charge on any atom is 0.0271 e. The summed E-state index contributed by atoms with van der Waals surface area (Å²) in [5.41, 5.74) is 1.38. The molecule has 2 saturated heterocycles. The maximum atomic E-state index is 4.09. The molecule has 1 atom stereocenters. The first-order chi connectivity index (χ1) is 10.3. The fourth-order valence-corrected chi connectivity index (χ4v) is 3.55. The minimum Gasteiger partial charge on any atom is -0.302 e. The number of hydrogen-bond acceptors (Lipinski definition) is 4. The van der Waals surface area contributed by atoms with Crippen molar-refractivity contribution in [2.75, 3.05) is 46.3 Å². The Kier molecular flexibility index (Phi) is 5.22. The van der Waals surface area contributed by atoms with Crippen LogP contribution in [-0.4, -0.2) is 72.0 Å². The fraction of sp³-hybridized carbons (Fsp3) is 0.706. The first kappa shape index (κ1) is 14.9. The Balaban J connectivity index is 1.42. The Hall–Kier alpha value is -0.970. The summed E-state index contributed by atoms with van der Waals surface area (Å²) in [4.78, 5) is 11.9. The van der Waals surface area contributed by atoms with Crippen LogP contribution < -0.4 is 0 Å². The van der Waals surface area contributed by atoms with Crippen molar-refractivity contribution in [3.05, 3.63) is 30.1 Å². The van der Waals surface area contributed by atoms with Crippen molar-refractivity contribution in [3.8, 4) is 0 Å². The van der Waals surface area contributed by atoms with Crippen molar-refractivity contribution in [1.29, 1.82) is 0 Å². The highest BCUT2D eigenvalue weighted by Gasteiger charge is 2.24. The summed E-state index contributed by atoms with van der Waals surface area (Å²) in [6, 6.07) is 5.04. The highest BCUT2D eigenvalue weighted by Crippen LogP contribution is 2.17. The van der Waals surface area contributed by atoms with Gasteiger partial charge in [0.15, 0.2) is 0 Å². The molecule has 0 radical (unpaired) electrons. The average molecular weight is 288 g/mol. The van der Waals surface area contributed by atoms with Crippen LogP contribution in [0.3, 0.4) is 0 Å². The predicted molar refractivity (Wildman–Crippen MR) is 86.2 cm³/mol. The van der Waals surface area contributed by atoms with Crippen LogP contribution in [0.1, 0.15) is 24.8 Å². The van der Waals surface area contributed by atoms with Crippen LogP contribution in [0.15, 0.2) is 24.5 Å². The minimum absolute atomic E-state index is 0.783. The number of aromatic nitrogens is 1. The standard InChI is InChI=1S/C17H28N4/c1-19-9-3-2-4-17(19)15-21-12-10-20(11-13-21)14-16-5-7-18-8-6-16/h5-8,17H,2-4,9-15H2,1H3/t17-/m1/s1. The summed E-state index contributed by atoms with van der Waals surface area (Å²) >= 11 is 0. The van der Waals surface area contributed by atoms with E-state index in [9.17, 15) is 0 Å². The lowest BCUT2D eigenvalue weighted by atomic mass is 10.0. The molecule has 3 rings (SSSR count). The van der Waals surface area contributed by atoms with E-state index in [-0.39, 0.29) is 0 Å². The molecule has 0 N–H and O–H groups in total. The van der Waals surface area contributed by atoms with Gasteiger partial charge in [-0.1, -0.05) is 6.42 Å². The molecule has 1 aromatic rings. The molecular formula is C17H28N4. The molecule has 2 fully saturated rings. The van der Waals surface area contributed by atoms with E-state index < -0.39 is 0 Å². The van der Waals surface area contributed by atoms with Crippen LogP contribution in [0.4, 0.5) is 0 Å². The van der Waals surface area contributed by atoms with Crippen molar-refractivity contribution >= 4 is 0 Å². The van der Waals surface area contributed by atoms with E-state index in [2.05, 4.69) is 38.9 Å². The lowest BCUT2D eigenvalue weighted by Crippen LogP contribution is -2.51. The van der Waals surface area contributed by atoms with Gasteiger partial charge < -0.3 is 4.90 Å². The molecule has 0 saturated carbocycles. The number of piperazine rings is 1. The summed E-state index contributed by atoms with van der Waals surface area (Å²) in [6.07, 6.45) is 7.96. The van der Waals surface area contributed by atoms with Gasteiger partial charge in [0.1, 0.15) is 0 Å². The highest BCUT2D eigenvalue weighted by molar-refractivity contribution is 5.09. The fourth-order valence-electron chi connectivity index (χ4n) is 3.55. The van der Waals surface area contributed by atoms with E-state index in [1.807, 2.05) is 12.4 Å². The second-order valence-electron chi connectivity index (χ2n) is 6.56. The van der Waals surface area contributed by atoms with Gasteiger partial charge in [0.2, 0.25) is 0 Å². The van der Waals surface area contributed by atoms with Gasteiger partial charge >= 0.3 is 0 Å². The molecular weight excluding hydrogens is 260 g/mol. The van der Waals surface area contributed by atoms with Gasteiger partial charge in [-0.2, -0.15) is 0 Å². The zero-order valence-corrected chi connectivity index (χ0v) is 13.2. The Labute approximate surface area is 128 Å². The second kappa shape index (κ2) is 7.34. The number of likely N-dealkylation sites (N-methyl/N-ethyl adjacent to an activating group) is 1. The lowest BCUT2D eigenvalue weighted by molar-refractivity contribution is 0.0818. The van der Waals surface area contributed by atoms with Gasteiger partial charge in [0.25, 0.3) is 0 Å². The molecule has 1 aromatic heterocycles. The number of hydrogen-bond donors (Lipinski definition) is 0. The molecule has 0 spiro atoms. The van der Waals surface area contributed by atoms with Crippen LogP contribution in [-0.2, 0) is 6.54 Å². The number of pyridine rings is 1. The predicted octanol–water partition coefficient (Wildman–Crippen LogP) is 1.68. The zero-order chi connectivity index (χ0) is 14.5. The number of likely N-dealkylation sites (tertiary alicyclic amines) is 1. The van der Waals surface area contributed by atoms with Gasteiger partial charge in [-0.15, -0.1) is 0 Å². The molecule has 0 bridgehead atoms. The maximum absolute atomic E-state index is 4.09. The van der Waals surface area contributed by atoms with Crippen molar-refractivity contribution in [2.24, 2.45) is 0 Å². The van der Waals surface area contributed by atoms with Crippen LogP contribution >= 0.6 is 0 Å². The number of rotatable bonds is 4. The Morgan fingerprint density at radius 3 is 2.43 bits per heavy atom. The summed E-state index contributed by atoms with van der Waals surface area (Å²) < 4.78 is 0. The largest absolute Gasteiger partial charge is 0.302 e. The van der Waals surface area contributed by atoms with E-state index in [0.717, 1.165) is 12.6 Å². The zero-order valence-electron chi connectivity index (χ0n) is 13.2. The van der Waals surface area contributed by atoms with E-state index >= 15 is 0 Å². The molecule has 3 heterocycles. The smallest absolute Gasteiger partial charge is 0.0271 e. The first-order valence-corrected chi connectivity index (χ1v) is 8.35. The van der Waals surface area contributed by atoms with E-state index in [4.69, 9.17) is 0 Å². The van der Waals surface area contributed by atoms with Crippen LogP contribution in [0.25, 0.3) is 0 Å².